The Bertz CT molecular complexity index is 606. The van der Waals surface area contributed by atoms with E-state index in [4.69, 9.17) is 18.9 Å². The molecule has 28 heavy (non-hydrogen) atoms. The summed E-state index contributed by atoms with van der Waals surface area (Å²) in [5.74, 6) is 1.79. The van der Waals surface area contributed by atoms with Crippen molar-refractivity contribution in [3.8, 4) is 0 Å². The summed E-state index contributed by atoms with van der Waals surface area (Å²) in [4.78, 5) is 11.8. The Morgan fingerprint density at radius 2 is 1.57 bits per heavy atom. The van der Waals surface area contributed by atoms with E-state index in [9.17, 15) is 4.79 Å². The second-order valence-corrected chi connectivity index (χ2v) is 9.87. The Kier molecular flexibility index (Phi) is 4.89. The van der Waals surface area contributed by atoms with Gasteiger partial charge in [-0.2, -0.15) is 0 Å². The van der Waals surface area contributed by atoms with Gasteiger partial charge in [0, 0.05) is 30.6 Å². The summed E-state index contributed by atoms with van der Waals surface area (Å²) in [5, 5.41) is 0. The van der Waals surface area contributed by atoms with Crippen molar-refractivity contribution >= 4 is 5.78 Å². The summed E-state index contributed by atoms with van der Waals surface area (Å²) in [5.41, 5.74) is 0.164. The van der Waals surface area contributed by atoms with Gasteiger partial charge in [-0.3, -0.25) is 0 Å². The van der Waals surface area contributed by atoms with Crippen LogP contribution in [0.1, 0.15) is 71.6 Å². The first-order valence-corrected chi connectivity index (χ1v) is 11.6. The van der Waals surface area contributed by atoms with Crippen LogP contribution < -0.4 is 0 Å². The molecule has 2 spiro atoms. The Morgan fingerprint density at radius 3 is 2.25 bits per heavy atom. The van der Waals surface area contributed by atoms with Gasteiger partial charge in [0.2, 0.25) is 0 Å². The fourth-order valence-electron chi connectivity index (χ4n) is 8.10. The molecule has 2 aliphatic heterocycles. The van der Waals surface area contributed by atoms with Gasteiger partial charge in [0.1, 0.15) is 5.78 Å². The summed E-state index contributed by atoms with van der Waals surface area (Å²) >= 11 is 0. The van der Waals surface area contributed by atoms with Gasteiger partial charge >= 0.3 is 0 Å². The smallest absolute Gasteiger partial charge is 0.174 e. The molecule has 3 saturated carbocycles. The Hall–Kier alpha value is -0.490. The Morgan fingerprint density at radius 1 is 0.893 bits per heavy atom. The number of ketones is 1. The van der Waals surface area contributed by atoms with Gasteiger partial charge in [-0.05, 0) is 63.2 Å². The zero-order valence-electron chi connectivity index (χ0n) is 17.5. The van der Waals surface area contributed by atoms with Crippen molar-refractivity contribution in [3.63, 3.8) is 0 Å². The standard InChI is InChI=1S/C23H36O5/c1-3-21-9-6-18-17(19(21)8-11-23(21)27-14-15-28-23)7-10-22(25-12-13-26-22)20(18)5-4-16(2)24/h17-20H,3-15H2,1-2H3/t17?,18?,19-,20?,21-/m0/s1. The zero-order chi connectivity index (χ0) is 19.4. The van der Waals surface area contributed by atoms with E-state index >= 15 is 0 Å². The largest absolute Gasteiger partial charge is 0.347 e. The van der Waals surface area contributed by atoms with E-state index in [1.54, 1.807) is 6.92 Å². The van der Waals surface area contributed by atoms with Crippen molar-refractivity contribution in [2.75, 3.05) is 26.4 Å². The van der Waals surface area contributed by atoms with Crippen molar-refractivity contribution in [2.24, 2.45) is 29.1 Å². The lowest BCUT2D eigenvalue weighted by molar-refractivity contribution is -0.275. The molecule has 5 heteroatoms. The van der Waals surface area contributed by atoms with E-state index in [-0.39, 0.29) is 17.0 Å². The molecule has 3 aliphatic carbocycles. The molecule has 0 bridgehead atoms. The quantitative estimate of drug-likeness (QED) is 0.721. The number of ether oxygens (including phenoxy) is 4. The van der Waals surface area contributed by atoms with Crippen molar-refractivity contribution in [1.82, 2.24) is 0 Å². The van der Waals surface area contributed by atoms with Gasteiger partial charge in [0.25, 0.3) is 0 Å². The molecule has 0 amide bonds. The van der Waals surface area contributed by atoms with Gasteiger partial charge in [0.05, 0.1) is 26.4 Å². The lowest BCUT2D eigenvalue weighted by Crippen LogP contribution is -2.58. The average molecular weight is 393 g/mol. The maximum atomic E-state index is 11.8. The van der Waals surface area contributed by atoms with Crippen molar-refractivity contribution in [2.45, 2.75) is 83.2 Å². The molecule has 5 nitrogen and oxygen atoms in total. The molecule has 2 saturated heterocycles. The summed E-state index contributed by atoms with van der Waals surface area (Å²) < 4.78 is 25.2. The maximum Gasteiger partial charge on any atom is 0.174 e. The first-order valence-electron chi connectivity index (χ1n) is 11.6. The number of Topliss-reactive ketones (excluding diaryl/α,β-unsaturated/α-hetero) is 1. The number of fused-ring (bicyclic) bond motifs is 4. The number of rotatable bonds is 4. The molecule has 0 N–H and O–H groups in total. The fourth-order valence-corrected chi connectivity index (χ4v) is 8.10. The van der Waals surface area contributed by atoms with Crippen LogP contribution in [0, 0.1) is 29.1 Å². The summed E-state index contributed by atoms with van der Waals surface area (Å²) in [6, 6.07) is 0. The predicted molar refractivity (Wildman–Crippen MR) is 104 cm³/mol. The molecule has 5 aliphatic rings. The first-order chi connectivity index (χ1) is 13.6. The lowest BCUT2D eigenvalue weighted by Gasteiger charge is -2.58. The number of carbonyl (C=O) groups is 1. The summed E-state index contributed by atoms with van der Waals surface area (Å²) in [6.45, 7) is 6.93. The van der Waals surface area contributed by atoms with Gasteiger partial charge in [-0.15, -0.1) is 0 Å². The highest BCUT2D eigenvalue weighted by Crippen LogP contribution is 2.68. The van der Waals surface area contributed by atoms with Crippen molar-refractivity contribution in [1.29, 1.82) is 0 Å². The lowest BCUT2D eigenvalue weighted by atomic mass is 9.50. The molecule has 5 rings (SSSR count). The van der Waals surface area contributed by atoms with Gasteiger partial charge < -0.3 is 23.7 Å². The molecule has 5 atom stereocenters. The third kappa shape index (κ3) is 2.62. The predicted octanol–water partition coefficient (Wildman–Crippen LogP) is 4.08. The molecular formula is C23H36O5. The second kappa shape index (κ2) is 7.04. The summed E-state index contributed by atoms with van der Waals surface area (Å²) in [7, 11) is 0. The van der Waals surface area contributed by atoms with Crippen LogP contribution in [0.2, 0.25) is 0 Å². The van der Waals surface area contributed by atoms with Gasteiger partial charge in [-0.25, -0.2) is 0 Å². The van der Waals surface area contributed by atoms with Crippen LogP contribution in [0.3, 0.4) is 0 Å². The first kappa shape index (κ1) is 19.5. The van der Waals surface area contributed by atoms with Crippen molar-refractivity contribution < 1.29 is 23.7 Å². The van der Waals surface area contributed by atoms with Crippen LogP contribution in [0.25, 0.3) is 0 Å². The SMILES string of the molecule is CC[C@]12CCC3C(CCC4(OCCO4)C3CCC(C)=O)[C@@H]1CCC21OCCO1. The van der Waals surface area contributed by atoms with E-state index < -0.39 is 5.79 Å². The van der Waals surface area contributed by atoms with Crippen LogP contribution in [-0.2, 0) is 23.7 Å². The molecule has 2 heterocycles. The molecule has 0 aromatic heterocycles. The van der Waals surface area contributed by atoms with Crippen LogP contribution >= 0.6 is 0 Å². The molecule has 0 aromatic rings. The van der Waals surface area contributed by atoms with Crippen LogP contribution in [0.15, 0.2) is 0 Å². The van der Waals surface area contributed by atoms with Crippen LogP contribution in [-0.4, -0.2) is 43.8 Å². The minimum atomic E-state index is -0.431. The number of carbonyl (C=O) groups excluding carboxylic acids is 1. The topological polar surface area (TPSA) is 54.0 Å². The molecule has 5 fully saturated rings. The molecular weight excluding hydrogens is 356 g/mol. The number of hydrogen-bond donors (Lipinski definition) is 0. The van der Waals surface area contributed by atoms with Gasteiger partial charge in [-0.1, -0.05) is 6.92 Å². The number of hydrogen-bond acceptors (Lipinski definition) is 5. The van der Waals surface area contributed by atoms with E-state index in [2.05, 4.69) is 6.92 Å². The normalized spacial score (nSPS) is 43.4. The monoisotopic (exact) mass is 392 g/mol. The molecule has 0 radical (unpaired) electrons. The van der Waals surface area contributed by atoms with E-state index in [1.165, 1.54) is 25.7 Å². The van der Waals surface area contributed by atoms with E-state index in [1.807, 2.05) is 0 Å². The highest BCUT2D eigenvalue weighted by Gasteiger charge is 2.68. The second-order valence-electron chi connectivity index (χ2n) is 9.87. The third-order valence-corrected chi connectivity index (χ3v) is 9.12. The van der Waals surface area contributed by atoms with Crippen LogP contribution in [0.4, 0.5) is 0 Å². The highest BCUT2D eigenvalue weighted by molar-refractivity contribution is 5.75. The van der Waals surface area contributed by atoms with Gasteiger partial charge in [0.15, 0.2) is 11.6 Å². The third-order valence-electron chi connectivity index (χ3n) is 9.12. The minimum absolute atomic E-state index is 0.164. The Balaban J connectivity index is 1.45. The molecule has 3 unspecified atom stereocenters. The minimum Gasteiger partial charge on any atom is -0.347 e. The fraction of sp³-hybridized carbons (Fsp3) is 0.957. The highest BCUT2D eigenvalue weighted by atomic mass is 16.7. The maximum absolute atomic E-state index is 11.8. The average Bonchev–Trinajstić information content (AvgIpc) is 3.42. The zero-order valence-corrected chi connectivity index (χ0v) is 17.5. The Labute approximate surface area is 168 Å². The molecule has 0 aromatic carbocycles. The van der Waals surface area contributed by atoms with Crippen LogP contribution in [0.5, 0.6) is 0 Å². The van der Waals surface area contributed by atoms with E-state index in [0.29, 0.717) is 43.3 Å². The summed E-state index contributed by atoms with van der Waals surface area (Å²) in [6.07, 6.45) is 9.43. The molecule has 158 valence electrons. The van der Waals surface area contributed by atoms with Crippen molar-refractivity contribution in [3.05, 3.63) is 0 Å². The van der Waals surface area contributed by atoms with E-state index in [0.717, 1.165) is 38.9 Å².